The Hall–Kier alpha value is -2.99. The molecule has 29 heavy (non-hydrogen) atoms. The van der Waals surface area contributed by atoms with Crippen LogP contribution in [0, 0.1) is 6.92 Å². The molecule has 5 nitrogen and oxygen atoms in total. The fourth-order valence-corrected chi connectivity index (χ4v) is 3.75. The maximum Gasteiger partial charge on any atom is 0.293 e. The summed E-state index contributed by atoms with van der Waals surface area (Å²) in [6.07, 6.45) is 3.23. The van der Waals surface area contributed by atoms with Gasteiger partial charge in [-0.1, -0.05) is 42.0 Å². The van der Waals surface area contributed by atoms with Crippen LogP contribution in [0.15, 0.2) is 60.0 Å². The summed E-state index contributed by atoms with van der Waals surface area (Å²) >= 11 is 0.928. The lowest BCUT2D eigenvalue weighted by atomic mass is 10.1. The Morgan fingerprint density at radius 1 is 1.10 bits per heavy atom. The van der Waals surface area contributed by atoms with Gasteiger partial charge in [-0.2, -0.15) is 0 Å². The Morgan fingerprint density at radius 3 is 2.66 bits per heavy atom. The van der Waals surface area contributed by atoms with E-state index in [1.807, 2.05) is 50.2 Å². The Balaban J connectivity index is 1.79. The molecular weight excluding hydrogens is 386 g/mol. The predicted octanol–water partition coefficient (Wildman–Crippen LogP) is 5.20. The van der Waals surface area contributed by atoms with Crippen molar-refractivity contribution in [1.82, 2.24) is 4.90 Å². The van der Waals surface area contributed by atoms with Crippen molar-refractivity contribution in [3.05, 3.63) is 76.7 Å². The molecule has 6 heteroatoms. The SMILES string of the molecule is C=CCN1C(=O)S/C(=C/c2ccc(OCc3cccc(C)c3)c(OCC)c2)C1=O. The number of carbonyl (C=O) groups excluding carboxylic acids is 2. The van der Waals surface area contributed by atoms with Gasteiger partial charge in [-0.25, -0.2) is 0 Å². The van der Waals surface area contributed by atoms with Gasteiger partial charge in [0.25, 0.3) is 11.1 Å². The first-order valence-electron chi connectivity index (χ1n) is 9.33. The number of imide groups is 1. The van der Waals surface area contributed by atoms with Gasteiger partial charge in [-0.15, -0.1) is 6.58 Å². The lowest BCUT2D eigenvalue weighted by Gasteiger charge is -2.13. The molecule has 150 valence electrons. The largest absolute Gasteiger partial charge is 0.490 e. The zero-order chi connectivity index (χ0) is 20.8. The maximum absolute atomic E-state index is 12.4. The molecule has 1 aliphatic heterocycles. The molecule has 2 aromatic rings. The highest BCUT2D eigenvalue weighted by Gasteiger charge is 2.34. The molecule has 0 aromatic heterocycles. The molecule has 0 bridgehead atoms. The van der Waals surface area contributed by atoms with Gasteiger partial charge in [-0.3, -0.25) is 14.5 Å². The van der Waals surface area contributed by atoms with Crippen molar-refractivity contribution < 1.29 is 19.1 Å². The maximum atomic E-state index is 12.4. The number of amides is 2. The third-order valence-corrected chi connectivity index (χ3v) is 5.13. The molecule has 3 rings (SSSR count). The molecule has 1 fully saturated rings. The minimum Gasteiger partial charge on any atom is -0.490 e. The summed E-state index contributed by atoms with van der Waals surface area (Å²) in [4.78, 5) is 25.9. The average molecular weight is 410 g/mol. The van der Waals surface area contributed by atoms with Crippen LogP contribution < -0.4 is 9.47 Å². The second-order valence-corrected chi connectivity index (χ2v) is 7.49. The summed E-state index contributed by atoms with van der Waals surface area (Å²) in [6, 6.07) is 13.6. The highest BCUT2D eigenvalue weighted by molar-refractivity contribution is 8.18. The molecular formula is C23H23NO4S. The van der Waals surface area contributed by atoms with Crippen molar-refractivity contribution in [2.75, 3.05) is 13.2 Å². The van der Waals surface area contributed by atoms with E-state index in [2.05, 4.69) is 12.6 Å². The van der Waals surface area contributed by atoms with Gasteiger partial charge in [0, 0.05) is 6.54 Å². The molecule has 1 saturated heterocycles. The van der Waals surface area contributed by atoms with Crippen LogP contribution in [0.1, 0.15) is 23.6 Å². The zero-order valence-electron chi connectivity index (χ0n) is 16.5. The van der Waals surface area contributed by atoms with E-state index in [1.165, 1.54) is 16.5 Å². The van der Waals surface area contributed by atoms with Gasteiger partial charge in [0.15, 0.2) is 11.5 Å². The minimum atomic E-state index is -0.308. The van der Waals surface area contributed by atoms with Gasteiger partial charge < -0.3 is 9.47 Å². The van der Waals surface area contributed by atoms with Gasteiger partial charge in [0.05, 0.1) is 11.5 Å². The molecule has 0 aliphatic carbocycles. The Labute approximate surface area is 175 Å². The van der Waals surface area contributed by atoms with E-state index < -0.39 is 0 Å². The summed E-state index contributed by atoms with van der Waals surface area (Å²) in [5.41, 5.74) is 3.02. The van der Waals surface area contributed by atoms with Crippen LogP contribution in [0.25, 0.3) is 6.08 Å². The number of benzene rings is 2. The topological polar surface area (TPSA) is 55.8 Å². The summed E-state index contributed by atoms with van der Waals surface area (Å²) in [7, 11) is 0. The molecule has 2 amide bonds. The molecule has 2 aromatic carbocycles. The van der Waals surface area contributed by atoms with E-state index in [1.54, 1.807) is 6.08 Å². The lowest BCUT2D eigenvalue weighted by Crippen LogP contribution is -2.27. The van der Waals surface area contributed by atoms with Crippen LogP contribution >= 0.6 is 11.8 Å². The number of aryl methyl sites for hydroxylation is 1. The monoisotopic (exact) mass is 409 g/mol. The molecule has 1 heterocycles. The smallest absolute Gasteiger partial charge is 0.293 e. The molecule has 0 saturated carbocycles. The standard InChI is InChI=1S/C23H23NO4S/c1-4-11-24-22(25)21(29-23(24)26)14-17-9-10-19(20(13-17)27-5-2)28-15-18-8-6-7-16(3)12-18/h4,6-10,12-14H,1,5,11,15H2,2-3H3/b21-14+. The van der Waals surface area contributed by atoms with E-state index in [9.17, 15) is 9.59 Å². The Bertz CT molecular complexity index is 967. The van der Waals surface area contributed by atoms with E-state index in [-0.39, 0.29) is 17.7 Å². The van der Waals surface area contributed by atoms with Crippen molar-refractivity contribution in [2.24, 2.45) is 0 Å². The molecule has 1 aliphatic rings. The Kier molecular flexibility index (Phi) is 6.77. The number of ether oxygens (including phenoxy) is 2. The Morgan fingerprint density at radius 2 is 1.93 bits per heavy atom. The van der Waals surface area contributed by atoms with Crippen molar-refractivity contribution in [1.29, 1.82) is 0 Å². The van der Waals surface area contributed by atoms with Crippen LogP contribution in [-0.2, 0) is 11.4 Å². The van der Waals surface area contributed by atoms with Gasteiger partial charge in [0.2, 0.25) is 0 Å². The number of rotatable bonds is 8. The number of thioether (sulfide) groups is 1. The van der Waals surface area contributed by atoms with Crippen LogP contribution in [0.5, 0.6) is 11.5 Å². The minimum absolute atomic E-state index is 0.206. The lowest BCUT2D eigenvalue weighted by molar-refractivity contribution is -0.122. The van der Waals surface area contributed by atoms with E-state index in [0.717, 1.165) is 22.9 Å². The van der Waals surface area contributed by atoms with E-state index >= 15 is 0 Å². The average Bonchev–Trinajstić information content (AvgIpc) is 2.95. The molecule has 0 radical (unpaired) electrons. The fraction of sp³-hybridized carbons (Fsp3) is 0.217. The predicted molar refractivity (Wildman–Crippen MR) is 116 cm³/mol. The fourth-order valence-electron chi connectivity index (χ4n) is 2.90. The number of hydrogen-bond acceptors (Lipinski definition) is 5. The molecule has 0 atom stereocenters. The number of nitrogens with zero attached hydrogens (tertiary/aromatic N) is 1. The third kappa shape index (κ3) is 5.09. The van der Waals surface area contributed by atoms with Gasteiger partial charge >= 0.3 is 0 Å². The van der Waals surface area contributed by atoms with Crippen molar-refractivity contribution in [2.45, 2.75) is 20.5 Å². The molecule has 0 N–H and O–H groups in total. The normalized spacial score (nSPS) is 15.1. The second-order valence-electron chi connectivity index (χ2n) is 6.50. The summed E-state index contributed by atoms with van der Waals surface area (Å²) in [5, 5.41) is -0.288. The molecule has 0 unspecified atom stereocenters. The van der Waals surface area contributed by atoms with E-state index in [0.29, 0.717) is 29.6 Å². The highest BCUT2D eigenvalue weighted by atomic mass is 32.2. The number of hydrogen-bond donors (Lipinski definition) is 0. The van der Waals surface area contributed by atoms with Gasteiger partial charge in [-0.05, 0) is 54.9 Å². The van der Waals surface area contributed by atoms with Gasteiger partial charge in [0.1, 0.15) is 6.61 Å². The summed E-state index contributed by atoms with van der Waals surface area (Å²) < 4.78 is 11.7. The first-order valence-corrected chi connectivity index (χ1v) is 10.1. The van der Waals surface area contributed by atoms with Crippen molar-refractivity contribution >= 4 is 29.0 Å². The second kappa shape index (κ2) is 9.47. The van der Waals surface area contributed by atoms with Crippen LogP contribution in [0.4, 0.5) is 4.79 Å². The third-order valence-electron chi connectivity index (χ3n) is 4.23. The van der Waals surface area contributed by atoms with Crippen LogP contribution in [0.2, 0.25) is 0 Å². The van der Waals surface area contributed by atoms with Crippen LogP contribution in [0.3, 0.4) is 0 Å². The summed E-state index contributed by atoms with van der Waals surface area (Å²) in [5.74, 6) is 0.919. The summed E-state index contributed by atoms with van der Waals surface area (Å²) in [6.45, 7) is 8.65. The first-order chi connectivity index (χ1) is 14.0. The highest BCUT2D eigenvalue weighted by Crippen LogP contribution is 2.34. The first kappa shape index (κ1) is 20.7. The van der Waals surface area contributed by atoms with Crippen molar-refractivity contribution in [3.63, 3.8) is 0 Å². The number of carbonyl (C=O) groups is 2. The molecule has 0 spiro atoms. The van der Waals surface area contributed by atoms with E-state index in [4.69, 9.17) is 9.47 Å². The zero-order valence-corrected chi connectivity index (χ0v) is 17.3. The van der Waals surface area contributed by atoms with Crippen molar-refractivity contribution in [3.8, 4) is 11.5 Å². The van der Waals surface area contributed by atoms with Crippen LogP contribution in [-0.4, -0.2) is 29.2 Å². The quantitative estimate of drug-likeness (QED) is 0.443.